The average Bonchev–Trinajstić information content (AvgIpc) is 2.15. The molecule has 12 heavy (non-hydrogen) atoms. The summed E-state index contributed by atoms with van der Waals surface area (Å²) in [6, 6.07) is 0. The molecule has 0 aliphatic rings. The maximum atomic E-state index is 4.96. The van der Waals surface area contributed by atoms with E-state index in [1.807, 2.05) is 26.8 Å². The number of hydrogen-bond acceptors (Lipinski definition) is 2. The van der Waals surface area contributed by atoms with Crippen LogP contribution in [0.25, 0.3) is 0 Å². The molecular formula is C10H17NO. The summed E-state index contributed by atoms with van der Waals surface area (Å²) >= 11 is 0. The van der Waals surface area contributed by atoms with Crippen LogP contribution in [0.2, 0.25) is 0 Å². The Labute approximate surface area is 75.3 Å². The van der Waals surface area contributed by atoms with E-state index in [2.05, 4.69) is 10.9 Å². The summed E-state index contributed by atoms with van der Waals surface area (Å²) in [7, 11) is 1.62. The Kier molecular flexibility index (Phi) is 14.2. The molecule has 0 unspecified atom stereocenters. The third kappa shape index (κ3) is 8.93. The van der Waals surface area contributed by atoms with E-state index in [0.29, 0.717) is 6.61 Å². The number of methoxy groups -OCH3 is 1. The van der Waals surface area contributed by atoms with Crippen molar-refractivity contribution in [2.75, 3.05) is 13.7 Å². The Morgan fingerprint density at radius 1 is 1.58 bits per heavy atom. The third-order valence-corrected chi connectivity index (χ3v) is 0.930. The second kappa shape index (κ2) is 12.6. The first-order valence-corrected chi connectivity index (χ1v) is 3.98. The van der Waals surface area contributed by atoms with Gasteiger partial charge in [-0.2, -0.15) is 0 Å². The molecule has 0 spiro atoms. The largest absolute Gasteiger partial charge is 0.378 e. The van der Waals surface area contributed by atoms with E-state index in [-0.39, 0.29) is 0 Å². The predicted molar refractivity (Wildman–Crippen MR) is 54.3 cm³/mol. The lowest BCUT2D eigenvalue weighted by molar-refractivity contribution is 0.225. The number of aliphatic imine (C=N–C) groups is 1. The van der Waals surface area contributed by atoms with Crippen LogP contribution in [0.4, 0.5) is 0 Å². The molecule has 0 saturated carbocycles. The van der Waals surface area contributed by atoms with Crippen molar-refractivity contribution in [3.63, 3.8) is 0 Å². The second-order valence-electron chi connectivity index (χ2n) is 1.64. The number of ether oxygens (including phenoxy) is 1. The molecular weight excluding hydrogens is 150 g/mol. The molecule has 0 bridgehead atoms. The highest BCUT2D eigenvalue weighted by atomic mass is 16.5. The molecule has 0 radical (unpaired) electrons. The minimum absolute atomic E-state index is 0.509. The Morgan fingerprint density at radius 3 is 2.50 bits per heavy atom. The van der Waals surface area contributed by atoms with E-state index >= 15 is 0 Å². The minimum atomic E-state index is 0.509. The third-order valence-electron chi connectivity index (χ3n) is 0.930. The van der Waals surface area contributed by atoms with Gasteiger partial charge in [0.1, 0.15) is 0 Å². The molecule has 0 aromatic carbocycles. The van der Waals surface area contributed by atoms with Gasteiger partial charge in [0.05, 0.1) is 18.5 Å². The fourth-order valence-electron chi connectivity index (χ4n) is 0.463. The molecule has 2 nitrogen and oxygen atoms in total. The summed E-state index contributed by atoms with van der Waals surface area (Å²) in [6.07, 6.45) is 8.23. The molecule has 68 valence electrons. The van der Waals surface area contributed by atoms with E-state index in [4.69, 9.17) is 11.2 Å². The van der Waals surface area contributed by atoms with E-state index in [1.54, 1.807) is 7.11 Å². The van der Waals surface area contributed by atoms with Gasteiger partial charge in [0.2, 0.25) is 0 Å². The van der Waals surface area contributed by atoms with E-state index in [0.717, 1.165) is 5.70 Å². The van der Waals surface area contributed by atoms with Crippen molar-refractivity contribution >= 4 is 6.21 Å². The summed E-state index contributed by atoms with van der Waals surface area (Å²) in [5.74, 6) is 2.30. The molecule has 0 amide bonds. The molecule has 0 aromatic heterocycles. The van der Waals surface area contributed by atoms with Crippen LogP contribution in [-0.2, 0) is 4.74 Å². The molecule has 2 heteroatoms. The Hall–Kier alpha value is -1.07. The first-order valence-electron chi connectivity index (χ1n) is 3.98. The quantitative estimate of drug-likeness (QED) is 0.466. The van der Waals surface area contributed by atoms with Gasteiger partial charge in [0.15, 0.2) is 0 Å². The summed E-state index contributed by atoms with van der Waals surface area (Å²) < 4.78 is 4.84. The molecule has 0 aliphatic carbocycles. The van der Waals surface area contributed by atoms with Crippen molar-refractivity contribution < 1.29 is 4.74 Å². The highest BCUT2D eigenvalue weighted by Gasteiger charge is 1.86. The zero-order valence-corrected chi connectivity index (χ0v) is 8.29. The van der Waals surface area contributed by atoms with Crippen molar-refractivity contribution in [1.82, 2.24) is 0 Å². The lowest BCUT2D eigenvalue weighted by Gasteiger charge is -1.95. The summed E-state index contributed by atoms with van der Waals surface area (Å²) in [6.45, 7) is 6.40. The van der Waals surface area contributed by atoms with Crippen molar-refractivity contribution in [3.05, 3.63) is 11.8 Å². The van der Waals surface area contributed by atoms with E-state index < -0.39 is 0 Å². The molecule has 0 heterocycles. The highest BCUT2D eigenvalue weighted by Crippen LogP contribution is 1.94. The highest BCUT2D eigenvalue weighted by molar-refractivity contribution is 5.78. The maximum Gasteiger partial charge on any atom is 0.0880 e. The van der Waals surface area contributed by atoms with Crippen molar-refractivity contribution in [3.8, 4) is 12.3 Å². The fraction of sp³-hybridized carbons (Fsp3) is 0.500. The molecule has 0 aromatic rings. The predicted octanol–water partition coefficient (Wildman–Crippen LogP) is 2.27. The smallest absolute Gasteiger partial charge is 0.0880 e. The van der Waals surface area contributed by atoms with Crippen LogP contribution < -0.4 is 0 Å². The van der Waals surface area contributed by atoms with Gasteiger partial charge in [-0.1, -0.05) is 25.8 Å². The summed E-state index contributed by atoms with van der Waals surface area (Å²) in [4.78, 5) is 3.93. The van der Waals surface area contributed by atoms with Crippen molar-refractivity contribution in [1.29, 1.82) is 0 Å². The molecule has 0 aliphatic heterocycles. The molecule has 0 N–H and O–H groups in total. The topological polar surface area (TPSA) is 21.6 Å². The van der Waals surface area contributed by atoms with Gasteiger partial charge in [0, 0.05) is 7.11 Å². The van der Waals surface area contributed by atoms with E-state index in [9.17, 15) is 0 Å². The molecule has 0 rings (SSSR count). The summed E-state index contributed by atoms with van der Waals surface area (Å²) in [5.41, 5.74) is 0.848. The average molecular weight is 167 g/mol. The Bertz CT molecular complexity index is 175. The van der Waals surface area contributed by atoms with Crippen molar-refractivity contribution in [2.24, 2.45) is 4.99 Å². The van der Waals surface area contributed by atoms with Gasteiger partial charge in [-0.3, -0.25) is 4.99 Å². The standard InChI is InChI=1S/C8H11NO.C2H6/c1-4-6-9-8(5-2)7-10-3;1-2/h1,5-6H,7H2,2-3H3;1-2H3/b8-5-,9-6?;. The van der Waals surface area contributed by atoms with Crippen LogP contribution in [0.1, 0.15) is 20.8 Å². The van der Waals surface area contributed by atoms with Gasteiger partial charge in [-0.05, 0) is 6.92 Å². The first-order chi connectivity index (χ1) is 5.85. The van der Waals surface area contributed by atoms with Gasteiger partial charge >= 0.3 is 0 Å². The van der Waals surface area contributed by atoms with Gasteiger partial charge in [-0.15, -0.1) is 6.42 Å². The number of hydrogen-bond donors (Lipinski definition) is 0. The van der Waals surface area contributed by atoms with Crippen LogP contribution in [0.3, 0.4) is 0 Å². The molecule has 0 saturated heterocycles. The fourth-order valence-corrected chi connectivity index (χ4v) is 0.463. The summed E-state index contributed by atoms with van der Waals surface area (Å²) in [5, 5.41) is 0. The van der Waals surface area contributed by atoms with Crippen LogP contribution >= 0.6 is 0 Å². The van der Waals surface area contributed by atoms with Gasteiger partial charge < -0.3 is 4.74 Å². The number of allylic oxidation sites excluding steroid dienone is 1. The number of rotatable bonds is 3. The zero-order chi connectivity index (χ0) is 9.82. The zero-order valence-electron chi connectivity index (χ0n) is 8.29. The Morgan fingerprint density at radius 2 is 2.17 bits per heavy atom. The first kappa shape index (κ1) is 13.5. The van der Waals surface area contributed by atoms with Gasteiger partial charge in [0.25, 0.3) is 0 Å². The normalized spacial score (nSPS) is 10.4. The van der Waals surface area contributed by atoms with Gasteiger partial charge in [-0.25, -0.2) is 0 Å². The van der Waals surface area contributed by atoms with Crippen LogP contribution in [0, 0.1) is 12.3 Å². The van der Waals surface area contributed by atoms with Crippen LogP contribution in [0.15, 0.2) is 16.8 Å². The number of nitrogens with zero attached hydrogens (tertiary/aromatic N) is 1. The maximum absolute atomic E-state index is 4.96. The van der Waals surface area contributed by atoms with E-state index in [1.165, 1.54) is 6.21 Å². The SMILES string of the molecule is C#CC=N/C(=C\C)COC.CC. The van der Waals surface area contributed by atoms with Crippen LogP contribution in [0.5, 0.6) is 0 Å². The van der Waals surface area contributed by atoms with Crippen molar-refractivity contribution in [2.45, 2.75) is 20.8 Å². The monoisotopic (exact) mass is 167 g/mol. The lowest BCUT2D eigenvalue weighted by Crippen LogP contribution is -1.90. The Balaban J connectivity index is 0. The molecule has 0 fully saturated rings. The molecule has 0 atom stereocenters. The lowest BCUT2D eigenvalue weighted by atomic mass is 10.4. The minimum Gasteiger partial charge on any atom is -0.378 e. The van der Waals surface area contributed by atoms with Crippen LogP contribution in [-0.4, -0.2) is 19.9 Å². The number of terminal acetylenes is 1. The second-order valence-corrected chi connectivity index (χ2v) is 1.64.